The summed E-state index contributed by atoms with van der Waals surface area (Å²) in [5.41, 5.74) is 0.389. The van der Waals surface area contributed by atoms with Crippen molar-refractivity contribution in [1.82, 2.24) is 5.06 Å². The third-order valence-electron chi connectivity index (χ3n) is 1.20. The minimum Gasteiger partial charge on any atom is -0.477 e. The molecule has 12 heavy (non-hydrogen) atoms. The van der Waals surface area contributed by atoms with Crippen molar-refractivity contribution in [3.05, 3.63) is 24.0 Å². The second-order valence-electron chi connectivity index (χ2n) is 2.26. The van der Waals surface area contributed by atoms with Crippen LogP contribution in [0.5, 0.6) is 0 Å². The van der Waals surface area contributed by atoms with Gasteiger partial charge in [0.25, 0.3) is 0 Å². The Hall–Kier alpha value is -1.62. The van der Waals surface area contributed by atoms with Gasteiger partial charge in [0.05, 0.1) is 11.9 Å². The Bertz CT molecular complexity index is 289. The number of carbonyl (C=O) groups is 1. The van der Waals surface area contributed by atoms with Crippen molar-refractivity contribution >= 4 is 11.7 Å². The maximum absolute atomic E-state index is 10.3. The van der Waals surface area contributed by atoms with Crippen LogP contribution >= 0.6 is 0 Å². The molecule has 0 aromatic carbocycles. The molecule has 0 aromatic rings. The number of carboxylic acid groups (broad SMARTS) is 1. The van der Waals surface area contributed by atoms with Gasteiger partial charge in [0, 0.05) is 7.05 Å². The van der Waals surface area contributed by atoms with Gasteiger partial charge in [-0.3, -0.25) is 10.3 Å². The molecule has 1 rings (SSSR count). The summed E-state index contributed by atoms with van der Waals surface area (Å²) in [7, 11) is 1.41. The lowest BCUT2D eigenvalue weighted by molar-refractivity contribution is -0.129. The summed E-state index contributed by atoms with van der Waals surface area (Å²) in [5.74, 6) is -1.07. The molecule has 0 amide bonds. The van der Waals surface area contributed by atoms with Crippen molar-refractivity contribution in [3.63, 3.8) is 0 Å². The highest BCUT2D eigenvalue weighted by atomic mass is 16.5. The Morgan fingerprint density at radius 2 is 2.33 bits per heavy atom. The van der Waals surface area contributed by atoms with E-state index in [0.29, 0.717) is 5.70 Å². The molecule has 0 aromatic heterocycles. The van der Waals surface area contributed by atoms with Gasteiger partial charge >= 0.3 is 5.97 Å². The lowest BCUT2D eigenvalue weighted by Crippen LogP contribution is -2.07. The van der Waals surface area contributed by atoms with E-state index in [2.05, 4.69) is 4.99 Å². The van der Waals surface area contributed by atoms with Gasteiger partial charge in [-0.1, -0.05) is 0 Å². The number of hydroxylamine groups is 2. The molecule has 0 saturated heterocycles. The van der Waals surface area contributed by atoms with Crippen molar-refractivity contribution < 1.29 is 15.1 Å². The zero-order valence-electron chi connectivity index (χ0n) is 6.43. The number of hydrogen-bond acceptors (Lipinski definition) is 4. The minimum absolute atomic E-state index is 0.0249. The zero-order valence-corrected chi connectivity index (χ0v) is 6.43. The maximum Gasteiger partial charge on any atom is 0.354 e. The SMILES string of the molecule is CN(O)C=C1C=CC(C(=O)O)=N1. The van der Waals surface area contributed by atoms with Gasteiger partial charge in [0.15, 0.2) is 0 Å². The van der Waals surface area contributed by atoms with E-state index in [1.165, 1.54) is 25.4 Å². The average Bonchev–Trinajstić information content (AvgIpc) is 2.34. The second-order valence-corrected chi connectivity index (χ2v) is 2.26. The molecule has 0 bridgehead atoms. The Kier molecular flexibility index (Phi) is 2.25. The summed E-state index contributed by atoms with van der Waals surface area (Å²) in [6.45, 7) is 0. The summed E-state index contributed by atoms with van der Waals surface area (Å²) in [4.78, 5) is 14.0. The first-order valence-corrected chi connectivity index (χ1v) is 3.23. The number of carboxylic acids is 1. The Labute approximate surface area is 68.9 Å². The molecule has 5 nitrogen and oxygen atoms in total. The first-order chi connectivity index (χ1) is 5.59. The molecule has 0 saturated carbocycles. The third kappa shape index (κ3) is 1.93. The smallest absolute Gasteiger partial charge is 0.354 e. The number of allylic oxidation sites excluding steroid dienone is 1. The average molecular weight is 168 g/mol. The zero-order chi connectivity index (χ0) is 9.14. The van der Waals surface area contributed by atoms with Crippen LogP contribution in [-0.2, 0) is 4.79 Å². The van der Waals surface area contributed by atoms with E-state index in [9.17, 15) is 4.79 Å². The molecule has 1 aliphatic rings. The molecule has 2 N–H and O–H groups in total. The third-order valence-corrected chi connectivity index (χ3v) is 1.20. The lowest BCUT2D eigenvalue weighted by Gasteiger charge is -2.01. The second kappa shape index (κ2) is 3.19. The van der Waals surface area contributed by atoms with Gasteiger partial charge in [-0.05, 0) is 12.2 Å². The summed E-state index contributed by atoms with van der Waals surface area (Å²) < 4.78 is 0. The first kappa shape index (κ1) is 8.48. The molecule has 0 fully saturated rings. The topological polar surface area (TPSA) is 73.1 Å². The molecule has 1 heterocycles. The molecule has 5 heteroatoms. The van der Waals surface area contributed by atoms with Crippen molar-refractivity contribution in [1.29, 1.82) is 0 Å². The summed E-state index contributed by atoms with van der Waals surface area (Å²) in [6.07, 6.45) is 4.19. The highest BCUT2D eigenvalue weighted by molar-refractivity contribution is 6.41. The minimum atomic E-state index is -1.07. The van der Waals surface area contributed by atoms with Gasteiger partial charge in [0.1, 0.15) is 5.71 Å². The van der Waals surface area contributed by atoms with E-state index in [-0.39, 0.29) is 5.71 Å². The van der Waals surface area contributed by atoms with Crippen molar-refractivity contribution in [3.8, 4) is 0 Å². The summed E-state index contributed by atoms with van der Waals surface area (Å²) >= 11 is 0. The molecular weight excluding hydrogens is 160 g/mol. The number of rotatable bonds is 2. The van der Waals surface area contributed by atoms with Crippen molar-refractivity contribution in [2.24, 2.45) is 4.99 Å². The van der Waals surface area contributed by atoms with Crippen molar-refractivity contribution in [2.45, 2.75) is 0 Å². The molecule has 0 unspecified atom stereocenters. The predicted molar refractivity (Wildman–Crippen MR) is 41.8 cm³/mol. The van der Waals surface area contributed by atoms with Crippen LogP contribution in [0.3, 0.4) is 0 Å². The van der Waals surface area contributed by atoms with Crippen LogP contribution in [0, 0.1) is 0 Å². The molecule has 64 valence electrons. The highest BCUT2D eigenvalue weighted by Gasteiger charge is 2.10. The predicted octanol–water partition coefficient (Wildman–Crippen LogP) is 0.244. The normalized spacial score (nSPS) is 18.2. The molecule has 0 atom stereocenters. The Morgan fingerprint density at radius 3 is 2.75 bits per heavy atom. The van der Waals surface area contributed by atoms with Crippen LogP contribution in [-0.4, -0.2) is 34.1 Å². The van der Waals surface area contributed by atoms with Gasteiger partial charge in [-0.2, -0.15) is 0 Å². The molecular formula is C7H8N2O3. The van der Waals surface area contributed by atoms with E-state index < -0.39 is 5.97 Å². The fourth-order valence-corrected chi connectivity index (χ4v) is 0.760. The van der Waals surface area contributed by atoms with Crippen LogP contribution in [0.2, 0.25) is 0 Å². The highest BCUT2D eigenvalue weighted by Crippen LogP contribution is 2.08. The summed E-state index contributed by atoms with van der Waals surface area (Å²) in [5, 5.41) is 18.0. The van der Waals surface area contributed by atoms with E-state index in [0.717, 1.165) is 5.06 Å². The molecule has 0 spiro atoms. The standard InChI is InChI=1S/C7H8N2O3/c1-9(12)4-5-2-3-6(8-5)7(10)11/h2-4,12H,1H3,(H,10,11). The van der Waals surface area contributed by atoms with Crippen LogP contribution in [0.1, 0.15) is 0 Å². The fraction of sp³-hybridized carbons (Fsp3) is 0.143. The number of aliphatic imine (C=N–C) groups is 1. The number of nitrogens with zero attached hydrogens (tertiary/aromatic N) is 2. The Balaban J connectivity index is 2.79. The van der Waals surface area contributed by atoms with Gasteiger partial charge in [-0.15, -0.1) is 0 Å². The molecule has 0 aliphatic carbocycles. The van der Waals surface area contributed by atoms with E-state index in [1.807, 2.05) is 0 Å². The van der Waals surface area contributed by atoms with Gasteiger partial charge in [-0.25, -0.2) is 9.79 Å². The lowest BCUT2D eigenvalue weighted by atomic mass is 10.4. The Morgan fingerprint density at radius 1 is 1.67 bits per heavy atom. The van der Waals surface area contributed by atoms with Gasteiger partial charge in [0.2, 0.25) is 0 Å². The van der Waals surface area contributed by atoms with E-state index in [1.54, 1.807) is 0 Å². The fourth-order valence-electron chi connectivity index (χ4n) is 0.760. The van der Waals surface area contributed by atoms with Crippen LogP contribution in [0.15, 0.2) is 29.0 Å². The van der Waals surface area contributed by atoms with Crippen molar-refractivity contribution in [2.75, 3.05) is 7.05 Å². The van der Waals surface area contributed by atoms with Crippen LogP contribution in [0.4, 0.5) is 0 Å². The monoisotopic (exact) mass is 168 g/mol. The first-order valence-electron chi connectivity index (χ1n) is 3.23. The van der Waals surface area contributed by atoms with Gasteiger partial charge < -0.3 is 5.11 Å². The molecule has 1 aliphatic heterocycles. The van der Waals surface area contributed by atoms with Crippen LogP contribution < -0.4 is 0 Å². The van der Waals surface area contributed by atoms with Crippen LogP contribution in [0.25, 0.3) is 0 Å². The largest absolute Gasteiger partial charge is 0.477 e. The van der Waals surface area contributed by atoms with E-state index >= 15 is 0 Å². The summed E-state index contributed by atoms with van der Waals surface area (Å²) in [6, 6.07) is 0. The molecule has 0 radical (unpaired) electrons. The number of hydrogen-bond donors (Lipinski definition) is 2. The van der Waals surface area contributed by atoms with E-state index in [4.69, 9.17) is 10.3 Å². The quantitative estimate of drug-likeness (QED) is 0.579. The number of aliphatic carboxylic acids is 1. The maximum atomic E-state index is 10.3.